The lowest BCUT2D eigenvalue weighted by Crippen LogP contribution is -2.41. The Labute approximate surface area is 125 Å². The molecule has 1 saturated heterocycles. The van der Waals surface area contributed by atoms with E-state index in [4.69, 9.17) is 4.74 Å². The SMILES string of the molecule is COc1ccc(C)cc1C1(C)NC(=NCC(C)C)NC1=O. The zero-order valence-corrected chi connectivity index (χ0v) is 13.3. The van der Waals surface area contributed by atoms with Gasteiger partial charge >= 0.3 is 0 Å². The minimum Gasteiger partial charge on any atom is -0.496 e. The number of hydrogen-bond acceptors (Lipinski definition) is 3. The highest BCUT2D eigenvalue weighted by Crippen LogP contribution is 2.32. The molecule has 21 heavy (non-hydrogen) atoms. The minimum absolute atomic E-state index is 0.117. The summed E-state index contributed by atoms with van der Waals surface area (Å²) in [6.45, 7) is 8.68. The van der Waals surface area contributed by atoms with Crippen LogP contribution in [-0.2, 0) is 10.3 Å². The van der Waals surface area contributed by atoms with E-state index >= 15 is 0 Å². The average molecular weight is 289 g/mol. The lowest BCUT2D eigenvalue weighted by molar-refractivity contribution is -0.123. The molecular weight excluding hydrogens is 266 g/mol. The molecule has 0 spiro atoms. The van der Waals surface area contributed by atoms with Gasteiger partial charge in [0.2, 0.25) is 0 Å². The van der Waals surface area contributed by atoms with Crippen molar-refractivity contribution in [3.63, 3.8) is 0 Å². The molecule has 1 fully saturated rings. The van der Waals surface area contributed by atoms with Gasteiger partial charge in [-0.25, -0.2) is 0 Å². The van der Waals surface area contributed by atoms with Crippen LogP contribution in [0.15, 0.2) is 23.2 Å². The highest BCUT2D eigenvalue weighted by Gasteiger charge is 2.44. The Balaban J connectivity index is 2.36. The maximum Gasteiger partial charge on any atom is 0.256 e. The summed E-state index contributed by atoms with van der Waals surface area (Å²) in [6, 6.07) is 5.82. The van der Waals surface area contributed by atoms with Crippen molar-refractivity contribution in [3.05, 3.63) is 29.3 Å². The second-order valence-corrected chi connectivity index (χ2v) is 5.99. The van der Waals surface area contributed by atoms with Crippen LogP contribution in [0.25, 0.3) is 0 Å². The average Bonchev–Trinajstić information content (AvgIpc) is 2.73. The van der Waals surface area contributed by atoms with Gasteiger partial charge in [0.05, 0.1) is 7.11 Å². The van der Waals surface area contributed by atoms with Crippen LogP contribution in [0.2, 0.25) is 0 Å². The molecule has 1 atom stereocenters. The van der Waals surface area contributed by atoms with Crippen molar-refractivity contribution in [3.8, 4) is 5.75 Å². The maximum absolute atomic E-state index is 12.4. The normalized spacial score (nSPS) is 23.3. The monoisotopic (exact) mass is 289 g/mol. The molecule has 0 saturated carbocycles. The van der Waals surface area contributed by atoms with Gasteiger partial charge in [-0.2, -0.15) is 0 Å². The van der Waals surface area contributed by atoms with Crippen LogP contribution in [0.1, 0.15) is 31.9 Å². The summed E-state index contributed by atoms with van der Waals surface area (Å²) in [7, 11) is 1.61. The molecule has 0 bridgehead atoms. The molecule has 0 aliphatic carbocycles. The molecular formula is C16H23N3O2. The molecule has 114 valence electrons. The molecule has 1 aliphatic rings. The van der Waals surface area contributed by atoms with Crippen molar-refractivity contribution in [1.82, 2.24) is 10.6 Å². The molecule has 2 rings (SSSR count). The highest BCUT2D eigenvalue weighted by molar-refractivity contribution is 6.09. The van der Waals surface area contributed by atoms with Crippen molar-refractivity contribution in [2.75, 3.05) is 13.7 Å². The van der Waals surface area contributed by atoms with Gasteiger partial charge in [-0.1, -0.05) is 25.5 Å². The summed E-state index contributed by atoms with van der Waals surface area (Å²) in [5, 5.41) is 6.01. The Bertz CT molecular complexity index is 581. The molecule has 5 heteroatoms. The topological polar surface area (TPSA) is 62.7 Å². The van der Waals surface area contributed by atoms with Crippen LogP contribution >= 0.6 is 0 Å². The number of methoxy groups -OCH3 is 1. The summed E-state index contributed by atoms with van der Waals surface area (Å²) >= 11 is 0. The van der Waals surface area contributed by atoms with E-state index in [2.05, 4.69) is 29.5 Å². The zero-order chi connectivity index (χ0) is 15.6. The number of nitrogens with one attached hydrogen (secondary N) is 2. The summed E-state index contributed by atoms with van der Waals surface area (Å²) < 4.78 is 5.40. The highest BCUT2D eigenvalue weighted by atomic mass is 16.5. The number of carbonyl (C=O) groups excluding carboxylic acids is 1. The van der Waals surface area contributed by atoms with E-state index in [0.29, 0.717) is 24.2 Å². The second-order valence-electron chi connectivity index (χ2n) is 5.99. The molecule has 1 aliphatic heterocycles. The number of guanidine groups is 1. The van der Waals surface area contributed by atoms with Gasteiger partial charge in [-0.3, -0.25) is 15.1 Å². The van der Waals surface area contributed by atoms with Gasteiger partial charge < -0.3 is 10.1 Å². The predicted molar refractivity (Wildman–Crippen MR) is 83.5 cm³/mol. The zero-order valence-electron chi connectivity index (χ0n) is 13.3. The molecule has 1 unspecified atom stereocenters. The van der Waals surface area contributed by atoms with Crippen LogP contribution in [0.3, 0.4) is 0 Å². The molecule has 0 aromatic heterocycles. The number of benzene rings is 1. The third-order valence-corrected chi connectivity index (χ3v) is 3.56. The van der Waals surface area contributed by atoms with E-state index in [1.54, 1.807) is 7.11 Å². The van der Waals surface area contributed by atoms with Gasteiger partial charge in [0, 0.05) is 12.1 Å². The lowest BCUT2D eigenvalue weighted by Gasteiger charge is -2.24. The molecule has 0 radical (unpaired) electrons. The van der Waals surface area contributed by atoms with Gasteiger partial charge in [-0.15, -0.1) is 0 Å². The standard InChI is InChI=1S/C16H23N3O2/c1-10(2)9-17-15-18-14(20)16(4,19-15)12-8-11(3)6-7-13(12)21-5/h6-8,10H,9H2,1-5H3,(H2,17,18,19,20). The van der Waals surface area contributed by atoms with Crippen LogP contribution < -0.4 is 15.4 Å². The van der Waals surface area contributed by atoms with E-state index in [1.165, 1.54) is 0 Å². The van der Waals surface area contributed by atoms with Crippen LogP contribution in [0, 0.1) is 12.8 Å². The number of amides is 1. The third kappa shape index (κ3) is 3.01. The van der Waals surface area contributed by atoms with Crippen LogP contribution in [-0.4, -0.2) is 25.5 Å². The quantitative estimate of drug-likeness (QED) is 0.890. The first kappa shape index (κ1) is 15.4. The Morgan fingerprint density at radius 3 is 2.71 bits per heavy atom. The van der Waals surface area contributed by atoms with Gasteiger partial charge in [0.25, 0.3) is 5.91 Å². The fraction of sp³-hybridized carbons (Fsp3) is 0.500. The van der Waals surface area contributed by atoms with Crippen molar-refractivity contribution in [2.45, 2.75) is 33.2 Å². The van der Waals surface area contributed by atoms with E-state index in [0.717, 1.165) is 11.1 Å². The fourth-order valence-electron chi connectivity index (χ4n) is 2.31. The summed E-state index contributed by atoms with van der Waals surface area (Å²) in [4.78, 5) is 16.8. The molecule has 1 heterocycles. The fourth-order valence-corrected chi connectivity index (χ4v) is 2.31. The second kappa shape index (κ2) is 5.76. The lowest BCUT2D eigenvalue weighted by atomic mass is 9.90. The predicted octanol–water partition coefficient (Wildman–Crippen LogP) is 1.95. The first-order chi connectivity index (χ1) is 9.86. The first-order valence-electron chi connectivity index (χ1n) is 7.16. The Morgan fingerprint density at radius 2 is 2.10 bits per heavy atom. The largest absolute Gasteiger partial charge is 0.496 e. The Kier molecular flexibility index (Phi) is 4.21. The van der Waals surface area contributed by atoms with E-state index in [1.807, 2.05) is 32.0 Å². The minimum atomic E-state index is -0.868. The van der Waals surface area contributed by atoms with Crippen LogP contribution in [0.5, 0.6) is 5.75 Å². The van der Waals surface area contributed by atoms with Crippen molar-refractivity contribution < 1.29 is 9.53 Å². The number of nitrogens with zero attached hydrogens (tertiary/aromatic N) is 1. The number of ether oxygens (including phenoxy) is 1. The number of aryl methyl sites for hydroxylation is 1. The van der Waals surface area contributed by atoms with E-state index in [9.17, 15) is 4.79 Å². The maximum atomic E-state index is 12.4. The smallest absolute Gasteiger partial charge is 0.256 e. The number of rotatable bonds is 4. The number of carbonyl (C=O) groups is 1. The summed E-state index contributed by atoms with van der Waals surface area (Å²) in [6.07, 6.45) is 0. The molecule has 1 aromatic rings. The van der Waals surface area contributed by atoms with Crippen molar-refractivity contribution in [2.24, 2.45) is 10.9 Å². The molecule has 1 aromatic carbocycles. The first-order valence-corrected chi connectivity index (χ1v) is 7.16. The van der Waals surface area contributed by atoms with Crippen LogP contribution in [0.4, 0.5) is 0 Å². The summed E-state index contributed by atoms with van der Waals surface area (Å²) in [5.41, 5.74) is 1.03. The van der Waals surface area contributed by atoms with E-state index < -0.39 is 5.54 Å². The van der Waals surface area contributed by atoms with Gasteiger partial charge in [0.1, 0.15) is 11.3 Å². The molecule has 5 nitrogen and oxygen atoms in total. The third-order valence-electron chi connectivity index (χ3n) is 3.56. The number of aliphatic imine (C=N–C) groups is 1. The van der Waals surface area contributed by atoms with Gasteiger partial charge in [-0.05, 0) is 31.9 Å². The van der Waals surface area contributed by atoms with Gasteiger partial charge in [0.15, 0.2) is 5.96 Å². The Morgan fingerprint density at radius 1 is 1.38 bits per heavy atom. The van der Waals surface area contributed by atoms with E-state index in [-0.39, 0.29) is 5.91 Å². The Hall–Kier alpha value is -2.04. The van der Waals surface area contributed by atoms with Crippen molar-refractivity contribution >= 4 is 11.9 Å². The van der Waals surface area contributed by atoms with Crippen molar-refractivity contribution in [1.29, 1.82) is 0 Å². The number of hydrogen-bond donors (Lipinski definition) is 2. The molecule has 1 amide bonds. The molecule has 2 N–H and O–H groups in total. The summed E-state index contributed by atoms with van der Waals surface area (Å²) in [5.74, 6) is 1.54.